The first kappa shape index (κ1) is 25.4. The topological polar surface area (TPSA) is 79.5 Å². The van der Waals surface area contributed by atoms with Crippen molar-refractivity contribution in [2.24, 2.45) is 0 Å². The maximum atomic E-state index is 12.4. The molecule has 2 aromatic carbocycles. The van der Waals surface area contributed by atoms with Gasteiger partial charge in [-0.1, -0.05) is 66.0 Å². The summed E-state index contributed by atoms with van der Waals surface area (Å²) < 4.78 is 6.34. The first-order chi connectivity index (χ1) is 14.4. The van der Waals surface area contributed by atoms with Gasteiger partial charge in [-0.05, 0) is 60.5 Å². The number of amides is 2. The van der Waals surface area contributed by atoms with Gasteiger partial charge in [-0.25, -0.2) is 0 Å². The van der Waals surface area contributed by atoms with Gasteiger partial charge in [0.1, 0.15) is 5.75 Å². The van der Waals surface area contributed by atoms with E-state index in [0.29, 0.717) is 16.3 Å². The van der Waals surface area contributed by atoms with Gasteiger partial charge in [-0.15, -0.1) is 0 Å². The number of benzene rings is 2. The molecular weight excluding hydrogens is 525 g/mol. The van der Waals surface area contributed by atoms with Gasteiger partial charge in [0.2, 0.25) is 0 Å². The Bertz CT molecular complexity index is 1010. The molecule has 1 unspecified atom stereocenters. The van der Waals surface area contributed by atoms with Gasteiger partial charge in [-0.2, -0.15) is 0 Å². The summed E-state index contributed by atoms with van der Waals surface area (Å²) in [6.07, 6.45) is -0.884. The molecule has 2 aromatic rings. The molecule has 0 fully saturated rings. The van der Waals surface area contributed by atoms with Gasteiger partial charge in [0.25, 0.3) is 11.8 Å². The normalized spacial score (nSPS) is 12.0. The molecule has 0 aliphatic carbocycles. The number of halogens is 3. The molecular formula is C21H22BrCl2N3O3S. The first-order valence-electron chi connectivity index (χ1n) is 9.21. The molecule has 0 aliphatic rings. The summed E-state index contributed by atoms with van der Waals surface area (Å²) >= 11 is 20.5. The van der Waals surface area contributed by atoms with Crippen molar-refractivity contribution in [3.63, 3.8) is 0 Å². The molecule has 31 heavy (non-hydrogen) atoms. The minimum Gasteiger partial charge on any atom is -0.479 e. The molecule has 3 N–H and O–H groups in total. The molecule has 0 spiro atoms. The van der Waals surface area contributed by atoms with Gasteiger partial charge in [0.05, 0.1) is 5.02 Å². The third kappa shape index (κ3) is 7.35. The van der Waals surface area contributed by atoms with Crippen molar-refractivity contribution in [3.8, 4) is 5.75 Å². The van der Waals surface area contributed by atoms with Crippen LogP contribution in [-0.4, -0.2) is 23.0 Å². The Balaban J connectivity index is 1.88. The second-order valence-electron chi connectivity index (χ2n) is 7.68. The molecule has 0 aliphatic heterocycles. The van der Waals surface area contributed by atoms with Crippen LogP contribution in [0.5, 0.6) is 5.75 Å². The largest absolute Gasteiger partial charge is 0.479 e. The van der Waals surface area contributed by atoms with E-state index in [4.69, 9.17) is 40.2 Å². The summed E-state index contributed by atoms with van der Waals surface area (Å²) in [7, 11) is 0. The zero-order valence-electron chi connectivity index (χ0n) is 17.3. The number of carbonyl (C=O) groups excluding carboxylic acids is 2. The summed E-state index contributed by atoms with van der Waals surface area (Å²) in [4.78, 5) is 24.6. The summed E-state index contributed by atoms with van der Waals surface area (Å²) in [6.45, 7) is 7.79. The zero-order chi connectivity index (χ0) is 23.3. The minimum absolute atomic E-state index is 0.0638. The molecule has 0 bridgehead atoms. The second kappa shape index (κ2) is 10.6. The van der Waals surface area contributed by atoms with E-state index in [0.717, 1.165) is 10.0 Å². The lowest BCUT2D eigenvalue weighted by atomic mass is 9.86. The Morgan fingerprint density at radius 2 is 1.77 bits per heavy atom. The lowest BCUT2D eigenvalue weighted by molar-refractivity contribution is -0.127. The molecule has 0 radical (unpaired) electrons. The van der Waals surface area contributed by atoms with Crippen LogP contribution < -0.4 is 20.9 Å². The van der Waals surface area contributed by atoms with Crippen molar-refractivity contribution in [3.05, 3.63) is 62.0 Å². The highest BCUT2D eigenvalue weighted by Crippen LogP contribution is 2.30. The highest BCUT2D eigenvalue weighted by molar-refractivity contribution is 9.10. The predicted molar refractivity (Wildman–Crippen MR) is 131 cm³/mol. The maximum Gasteiger partial charge on any atom is 0.279 e. The Morgan fingerprint density at radius 1 is 1.10 bits per heavy atom. The van der Waals surface area contributed by atoms with Crippen molar-refractivity contribution < 1.29 is 14.3 Å². The Hall–Kier alpha value is -1.87. The van der Waals surface area contributed by atoms with E-state index in [9.17, 15) is 9.59 Å². The molecule has 2 amide bonds. The monoisotopic (exact) mass is 545 g/mol. The van der Waals surface area contributed by atoms with Gasteiger partial charge < -0.3 is 4.74 Å². The average molecular weight is 547 g/mol. The van der Waals surface area contributed by atoms with Crippen molar-refractivity contribution in [2.75, 3.05) is 0 Å². The number of ether oxygens (including phenoxy) is 1. The maximum absolute atomic E-state index is 12.4. The quantitative estimate of drug-likeness (QED) is 0.365. The smallest absolute Gasteiger partial charge is 0.279 e. The number of hydrogen-bond acceptors (Lipinski definition) is 4. The SMILES string of the molecule is CC(Oc1ccc(Cl)cc1Cl)C(=O)NNC(=S)NC(=O)c1ccc(C(C)(C)C)c(Br)c1. The van der Waals surface area contributed by atoms with E-state index in [1.54, 1.807) is 24.3 Å². The third-order valence-electron chi connectivity index (χ3n) is 4.13. The zero-order valence-corrected chi connectivity index (χ0v) is 21.2. The van der Waals surface area contributed by atoms with E-state index < -0.39 is 17.9 Å². The lowest BCUT2D eigenvalue weighted by Crippen LogP contribution is -2.51. The van der Waals surface area contributed by atoms with Crippen molar-refractivity contribution >= 4 is 68.3 Å². The number of hydrogen-bond donors (Lipinski definition) is 3. The molecule has 0 saturated heterocycles. The Labute approximate surface area is 205 Å². The molecule has 0 aromatic heterocycles. The van der Waals surface area contributed by atoms with Gasteiger partial charge in [0.15, 0.2) is 11.2 Å². The minimum atomic E-state index is -0.884. The van der Waals surface area contributed by atoms with E-state index in [1.165, 1.54) is 13.0 Å². The summed E-state index contributed by atoms with van der Waals surface area (Å²) in [5, 5.41) is 3.19. The lowest BCUT2D eigenvalue weighted by Gasteiger charge is -2.21. The van der Waals surface area contributed by atoms with Gasteiger partial charge >= 0.3 is 0 Å². The fourth-order valence-electron chi connectivity index (χ4n) is 2.51. The van der Waals surface area contributed by atoms with E-state index in [2.05, 4.69) is 52.9 Å². The fourth-order valence-corrected chi connectivity index (χ4v) is 4.08. The first-order valence-corrected chi connectivity index (χ1v) is 11.2. The van der Waals surface area contributed by atoms with Crippen LogP contribution in [0.3, 0.4) is 0 Å². The van der Waals surface area contributed by atoms with Crippen LogP contribution in [0.15, 0.2) is 40.9 Å². The molecule has 166 valence electrons. The van der Waals surface area contributed by atoms with Gasteiger partial charge in [-0.3, -0.25) is 25.8 Å². The van der Waals surface area contributed by atoms with Crippen LogP contribution in [0.1, 0.15) is 43.6 Å². The number of nitrogens with one attached hydrogen (secondary N) is 3. The van der Waals surface area contributed by atoms with Crippen molar-refractivity contribution in [1.29, 1.82) is 0 Å². The van der Waals surface area contributed by atoms with Gasteiger partial charge in [0, 0.05) is 15.1 Å². The molecule has 1 atom stereocenters. The molecule has 0 heterocycles. The summed E-state index contributed by atoms with van der Waals surface area (Å²) in [5.74, 6) is -0.612. The predicted octanol–water partition coefficient (Wildman–Crippen LogP) is 5.16. The van der Waals surface area contributed by atoms with E-state index in [-0.39, 0.29) is 15.6 Å². The van der Waals surface area contributed by atoms with Crippen LogP contribution >= 0.6 is 51.3 Å². The fraction of sp³-hybridized carbons (Fsp3) is 0.286. The highest BCUT2D eigenvalue weighted by atomic mass is 79.9. The van der Waals surface area contributed by atoms with Crippen LogP contribution in [0.25, 0.3) is 0 Å². The van der Waals surface area contributed by atoms with Crippen molar-refractivity contribution in [2.45, 2.75) is 39.2 Å². The molecule has 6 nitrogen and oxygen atoms in total. The number of thiocarbonyl (C=S) groups is 1. The molecule has 2 rings (SSSR count). The number of carbonyl (C=O) groups is 2. The summed E-state index contributed by atoms with van der Waals surface area (Å²) in [6, 6.07) is 10.0. The molecule has 10 heteroatoms. The van der Waals surface area contributed by atoms with Crippen LogP contribution in [0, 0.1) is 0 Å². The average Bonchev–Trinajstić information content (AvgIpc) is 2.67. The van der Waals surface area contributed by atoms with Crippen LogP contribution in [0.2, 0.25) is 10.0 Å². The van der Waals surface area contributed by atoms with Crippen molar-refractivity contribution in [1.82, 2.24) is 16.2 Å². The highest BCUT2D eigenvalue weighted by Gasteiger charge is 2.19. The standard InChI is InChI=1S/C21H22BrCl2N3O3S/c1-11(30-17-8-6-13(23)10-16(17)24)18(28)26-27-20(31)25-19(29)12-5-7-14(15(22)9-12)21(2,3)4/h5-11H,1-4H3,(H,26,28)(H2,25,27,29,31). The third-order valence-corrected chi connectivity index (χ3v) is 5.52. The Morgan fingerprint density at radius 3 is 2.35 bits per heavy atom. The molecule has 0 saturated carbocycles. The van der Waals surface area contributed by atoms with E-state index in [1.807, 2.05) is 6.07 Å². The van der Waals surface area contributed by atoms with Crippen LogP contribution in [-0.2, 0) is 10.2 Å². The summed E-state index contributed by atoms with van der Waals surface area (Å²) in [5.41, 5.74) is 6.29. The second-order valence-corrected chi connectivity index (χ2v) is 9.78. The number of hydrazine groups is 1. The van der Waals surface area contributed by atoms with E-state index >= 15 is 0 Å². The number of rotatable bonds is 4. The Kier molecular flexibility index (Phi) is 8.71. The van der Waals surface area contributed by atoms with Crippen LogP contribution in [0.4, 0.5) is 0 Å².